The number of primary amides is 1. The zero-order chi connectivity index (χ0) is 13.3. The van der Waals surface area contributed by atoms with Crippen LogP contribution in [0.3, 0.4) is 0 Å². The Bertz CT molecular complexity index is 561. The van der Waals surface area contributed by atoms with Crippen molar-refractivity contribution < 1.29 is 13.2 Å². The summed E-state index contributed by atoms with van der Waals surface area (Å²) in [6.07, 6.45) is 3.02. The van der Waals surface area contributed by atoms with Crippen LogP contribution in [0.2, 0.25) is 0 Å². The van der Waals surface area contributed by atoms with Crippen LogP contribution in [0.25, 0.3) is 0 Å². The molecule has 0 atom stereocenters. The van der Waals surface area contributed by atoms with Crippen molar-refractivity contribution in [1.82, 2.24) is 9.88 Å². The van der Waals surface area contributed by atoms with Gasteiger partial charge in [0, 0.05) is 22.9 Å². The third-order valence-corrected chi connectivity index (χ3v) is 4.38. The summed E-state index contributed by atoms with van der Waals surface area (Å²) in [5.41, 5.74) is 5.45. The number of halogens is 1. The molecule has 1 aliphatic heterocycles. The third-order valence-electron chi connectivity index (χ3n) is 3.06. The van der Waals surface area contributed by atoms with Crippen molar-refractivity contribution in [2.75, 3.05) is 13.1 Å². The van der Waals surface area contributed by atoms with Gasteiger partial charge in [-0.3, -0.25) is 4.79 Å². The summed E-state index contributed by atoms with van der Waals surface area (Å²) in [5.74, 6) is -0.653. The summed E-state index contributed by atoms with van der Waals surface area (Å²) >= 11 is 0. The van der Waals surface area contributed by atoms with Gasteiger partial charge in [0.15, 0.2) is 0 Å². The Balaban J connectivity index is 2.44. The van der Waals surface area contributed by atoms with Gasteiger partial charge in [-0.25, -0.2) is 8.42 Å². The number of nitrogens with two attached hydrogens (primary N) is 1. The van der Waals surface area contributed by atoms with E-state index in [9.17, 15) is 13.2 Å². The third kappa shape index (κ3) is 2.68. The van der Waals surface area contributed by atoms with Crippen molar-refractivity contribution in [3.05, 3.63) is 18.0 Å². The highest BCUT2D eigenvalue weighted by atomic mass is 35.7. The minimum absolute atomic E-state index is 0.0703. The van der Waals surface area contributed by atoms with Gasteiger partial charge in [-0.1, -0.05) is 0 Å². The number of carbonyl (C=O) groups is 1. The lowest BCUT2D eigenvalue weighted by Gasteiger charge is -2.25. The molecular weight excluding hydrogens is 278 g/mol. The molecule has 3 N–H and O–H groups in total. The second kappa shape index (κ2) is 4.91. The average Bonchev–Trinajstić information content (AvgIpc) is 2.74. The van der Waals surface area contributed by atoms with Crippen LogP contribution in [0.5, 0.6) is 0 Å². The van der Waals surface area contributed by atoms with E-state index in [-0.39, 0.29) is 16.6 Å². The van der Waals surface area contributed by atoms with E-state index in [0.29, 0.717) is 0 Å². The fourth-order valence-electron chi connectivity index (χ4n) is 2.17. The highest BCUT2D eigenvalue weighted by Crippen LogP contribution is 2.26. The monoisotopic (exact) mass is 291 g/mol. The Labute approximate surface area is 110 Å². The molecule has 1 amide bonds. The average molecular weight is 292 g/mol. The maximum atomic E-state index is 11.4. The van der Waals surface area contributed by atoms with Gasteiger partial charge in [0.1, 0.15) is 10.6 Å². The van der Waals surface area contributed by atoms with Crippen LogP contribution in [0.1, 0.15) is 29.4 Å². The van der Waals surface area contributed by atoms with Crippen LogP contribution >= 0.6 is 10.7 Å². The minimum Gasteiger partial charge on any atom is -0.364 e. The number of hydrogen-bond acceptors (Lipinski definition) is 4. The predicted molar refractivity (Wildman–Crippen MR) is 67.1 cm³/mol. The van der Waals surface area contributed by atoms with Gasteiger partial charge in [-0.2, -0.15) is 0 Å². The highest BCUT2D eigenvalue weighted by Gasteiger charge is 2.23. The number of nitrogens with zero attached hydrogens (tertiary/aromatic N) is 1. The lowest BCUT2D eigenvalue weighted by molar-refractivity contribution is 0.0988. The maximum absolute atomic E-state index is 11.4. The molecule has 6 nitrogen and oxygen atoms in total. The zero-order valence-corrected chi connectivity index (χ0v) is 11.2. The van der Waals surface area contributed by atoms with Crippen LogP contribution in [0.4, 0.5) is 0 Å². The van der Waals surface area contributed by atoms with Crippen molar-refractivity contribution >= 4 is 25.6 Å². The van der Waals surface area contributed by atoms with Crippen LogP contribution in [0.15, 0.2) is 17.2 Å². The molecular formula is C10H14ClN3O3S. The number of carbonyl (C=O) groups excluding carboxylic acids is 1. The van der Waals surface area contributed by atoms with E-state index in [1.807, 2.05) is 0 Å². The SMILES string of the molecule is NC(=O)c1cc(S(=O)(=O)Cl)cn1C1CCNCC1. The first kappa shape index (κ1) is 13.4. The first-order valence-corrected chi connectivity index (χ1v) is 7.87. The van der Waals surface area contributed by atoms with E-state index >= 15 is 0 Å². The smallest absolute Gasteiger partial charge is 0.265 e. The van der Waals surface area contributed by atoms with Gasteiger partial charge in [0.25, 0.3) is 15.0 Å². The predicted octanol–water partition coefficient (Wildman–Crippen LogP) is 0.439. The molecule has 0 aliphatic carbocycles. The Kier molecular flexibility index (Phi) is 3.65. The second-order valence-corrected chi connectivity index (χ2v) is 6.82. The molecule has 0 bridgehead atoms. The topological polar surface area (TPSA) is 94.2 Å². The first-order valence-electron chi connectivity index (χ1n) is 5.56. The zero-order valence-electron chi connectivity index (χ0n) is 9.60. The largest absolute Gasteiger partial charge is 0.364 e. The number of piperidine rings is 1. The Hall–Kier alpha value is -1.05. The Morgan fingerprint density at radius 3 is 2.56 bits per heavy atom. The molecule has 1 fully saturated rings. The molecule has 1 aromatic heterocycles. The number of aromatic nitrogens is 1. The van der Waals surface area contributed by atoms with Gasteiger partial charge >= 0.3 is 0 Å². The second-order valence-electron chi connectivity index (χ2n) is 4.25. The number of hydrogen-bond donors (Lipinski definition) is 2. The lowest BCUT2D eigenvalue weighted by atomic mass is 10.1. The summed E-state index contributed by atoms with van der Waals surface area (Å²) in [7, 11) is 1.43. The first-order chi connectivity index (χ1) is 8.39. The summed E-state index contributed by atoms with van der Waals surface area (Å²) in [6.45, 7) is 1.65. The van der Waals surface area contributed by atoms with E-state index in [0.717, 1.165) is 25.9 Å². The van der Waals surface area contributed by atoms with Gasteiger partial charge in [-0.15, -0.1) is 0 Å². The number of amides is 1. The molecule has 0 spiro atoms. The van der Waals surface area contributed by atoms with Gasteiger partial charge in [0.05, 0.1) is 0 Å². The molecule has 1 aliphatic rings. The minimum atomic E-state index is -3.85. The quantitative estimate of drug-likeness (QED) is 0.790. The van der Waals surface area contributed by atoms with Gasteiger partial charge < -0.3 is 15.6 Å². The molecule has 0 radical (unpaired) electrons. The molecule has 0 saturated carbocycles. The molecule has 1 aromatic rings. The van der Waals surface area contributed by atoms with Crippen LogP contribution in [0, 0.1) is 0 Å². The highest BCUT2D eigenvalue weighted by molar-refractivity contribution is 8.13. The fourth-order valence-corrected chi connectivity index (χ4v) is 2.92. The molecule has 0 unspecified atom stereocenters. The molecule has 100 valence electrons. The molecule has 0 aromatic carbocycles. The molecule has 1 saturated heterocycles. The van der Waals surface area contributed by atoms with Crippen molar-refractivity contribution in [2.24, 2.45) is 5.73 Å². The maximum Gasteiger partial charge on any atom is 0.265 e. The van der Waals surface area contributed by atoms with Crippen LogP contribution in [-0.4, -0.2) is 32.0 Å². The van der Waals surface area contributed by atoms with Crippen molar-refractivity contribution in [3.63, 3.8) is 0 Å². The Morgan fingerprint density at radius 1 is 1.44 bits per heavy atom. The van der Waals surface area contributed by atoms with E-state index in [4.69, 9.17) is 16.4 Å². The van der Waals surface area contributed by atoms with Crippen LogP contribution in [-0.2, 0) is 9.05 Å². The van der Waals surface area contributed by atoms with E-state index in [1.54, 1.807) is 4.57 Å². The molecule has 18 heavy (non-hydrogen) atoms. The van der Waals surface area contributed by atoms with Crippen molar-refractivity contribution in [1.29, 1.82) is 0 Å². The summed E-state index contributed by atoms with van der Waals surface area (Å²) in [4.78, 5) is 11.3. The molecule has 8 heteroatoms. The molecule has 2 heterocycles. The standard InChI is InChI=1S/C10H14ClN3O3S/c11-18(16,17)8-5-9(10(12)15)14(6-8)7-1-3-13-4-2-7/h5-7,13H,1-4H2,(H2,12,15). The van der Waals surface area contributed by atoms with Crippen LogP contribution < -0.4 is 11.1 Å². The summed E-state index contributed by atoms with van der Waals surface area (Å²) < 4.78 is 24.2. The van der Waals surface area contributed by atoms with E-state index in [1.165, 1.54) is 12.3 Å². The lowest BCUT2D eigenvalue weighted by Crippen LogP contribution is -2.31. The van der Waals surface area contributed by atoms with Crippen molar-refractivity contribution in [3.8, 4) is 0 Å². The van der Waals surface area contributed by atoms with Gasteiger partial charge in [-0.05, 0) is 32.0 Å². The Morgan fingerprint density at radius 2 is 2.06 bits per heavy atom. The van der Waals surface area contributed by atoms with Gasteiger partial charge in [0.2, 0.25) is 0 Å². The summed E-state index contributed by atoms with van der Waals surface area (Å²) in [6, 6.07) is 1.30. The molecule has 2 rings (SSSR count). The van der Waals surface area contributed by atoms with E-state index in [2.05, 4.69) is 5.32 Å². The number of rotatable bonds is 3. The normalized spacial score (nSPS) is 17.8. The van der Waals surface area contributed by atoms with Crippen molar-refractivity contribution in [2.45, 2.75) is 23.8 Å². The fraction of sp³-hybridized carbons (Fsp3) is 0.500. The number of nitrogens with one attached hydrogen (secondary N) is 1. The van der Waals surface area contributed by atoms with E-state index < -0.39 is 15.0 Å². The summed E-state index contributed by atoms with van der Waals surface area (Å²) in [5, 5.41) is 3.20.